The smallest absolute Gasteiger partial charge is 0.272 e. The molecule has 0 N–H and O–H groups in total. The first kappa shape index (κ1) is 14.2. The predicted octanol–water partition coefficient (Wildman–Crippen LogP) is 1.83. The quantitative estimate of drug-likeness (QED) is 0.798. The number of aryl methyl sites for hydroxylation is 2. The van der Waals surface area contributed by atoms with Crippen LogP contribution in [0.5, 0.6) is 0 Å². The molecule has 0 spiro atoms. The standard InChI is InChI=1S/C13H20N4O/c1-5-16(9-10(3)8-14)13(18)12-7-11(4)15-17(12)6-2/h7,10H,5-6,9H2,1-4H3. The summed E-state index contributed by atoms with van der Waals surface area (Å²) < 4.78 is 1.71. The number of rotatable bonds is 5. The van der Waals surface area contributed by atoms with E-state index >= 15 is 0 Å². The molecule has 1 aromatic heterocycles. The van der Waals surface area contributed by atoms with Crippen molar-refractivity contribution in [2.75, 3.05) is 13.1 Å². The van der Waals surface area contributed by atoms with Gasteiger partial charge in [0.2, 0.25) is 0 Å². The summed E-state index contributed by atoms with van der Waals surface area (Å²) in [5.74, 6) is -0.213. The maximum Gasteiger partial charge on any atom is 0.272 e. The fourth-order valence-electron chi connectivity index (χ4n) is 1.85. The molecule has 0 saturated carbocycles. The molecule has 0 aliphatic rings. The van der Waals surface area contributed by atoms with E-state index in [0.29, 0.717) is 25.3 Å². The first-order valence-electron chi connectivity index (χ1n) is 6.26. The van der Waals surface area contributed by atoms with Crippen LogP contribution in [0, 0.1) is 24.2 Å². The van der Waals surface area contributed by atoms with Crippen LogP contribution < -0.4 is 0 Å². The van der Waals surface area contributed by atoms with Crippen molar-refractivity contribution in [3.05, 3.63) is 17.5 Å². The number of nitriles is 1. The van der Waals surface area contributed by atoms with Crippen LogP contribution in [0.1, 0.15) is 37.0 Å². The van der Waals surface area contributed by atoms with Gasteiger partial charge in [0.1, 0.15) is 5.69 Å². The van der Waals surface area contributed by atoms with Crippen LogP contribution in [0.15, 0.2) is 6.07 Å². The fraction of sp³-hybridized carbons (Fsp3) is 0.615. The largest absolute Gasteiger partial charge is 0.336 e. The van der Waals surface area contributed by atoms with Gasteiger partial charge in [-0.15, -0.1) is 0 Å². The molecule has 1 aromatic rings. The molecular formula is C13H20N4O. The summed E-state index contributed by atoms with van der Waals surface area (Å²) in [5.41, 5.74) is 1.44. The average Bonchev–Trinajstić information content (AvgIpc) is 2.75. The second-order valence-corrected chi connectivity index (χ2v) is 4.36. The molecule has 1 unspecified atom stereocenters. The van der Waals surface area contributed by atoms with Gasteiger partial charge in [-0.25, -0.2) is 0 Å². The molecule has 0 bridgehead atoms. The van der Waals surface area contributed by atoms with Gasteiger partial charge < -0.3 is 4.90 Å². The molecular weight excluding hydrogens is 228 g/mol. The lowest BCUT2D eigenvalue weighted by Crippen LogP contribution is -2.35. The summed E-state index contributed by atoms with van der Waals surface area (Å²) in [7, 11) is 0. The van der Waals surface area contributed by atoms with E-state index in [4.69, 9.17) is 5.26 Å². The van der Waals surface area contributed by atoms with Crippen LogP contribution >= 0.6 is 0 Å². The van der Waals surface area contributed by atoms with Crippen molar-refractivity contribution < 1.29 is 4.79 Å². The molecule has 1 heterocycles. The first-order chi connectivity index (χ1) is 8.53. The van der Waals surface area contributed by atoms with Gasteiger partial charge in [-0.2, -0.15) is 10.4 Å². The number of carbonyl (C=O) groups is 1. The van der Waals surface area contributed by atoms with Crippen LogP contribution in [0.3, 0.4) is 0 Å². The summed E-state index contributed by atoms with van der Waals surface area (Å²) in [6.07, 6.45) is 0. The van der Waals surface area contributed by atoms with Crippen LogP contribution in [-0.2, 0) is 6.54 Å². The average molecular weight is 248 g/mol. The molecule has 0 aliphatic carbocycles. The van der Waals surface area contributed by atoms with Crippen molar-refractivity contribution in [2.24, 2.45) is 5.92 Å². The lowest BCUT2D eigenvalue weighted by Gasteiger charge is -2.22. The number of hydrogen-bond acceptors (Lipinski definition) is 3. The Balaban J connectivity index is 2.93. The predicted molar refractivity (Wildman–Crippen MR) is 69.0 cm³/mol. The fourth-order valence-corrected chi connectivity index (χ4v) is 1.85. The Morgan fingerprint density at radius 3 is 2.78 bits per heavy atom. The molecule has 1 atom stereocenters. The SMILES string of the molecule is CCN(CC(C)C#N)C(=O)c1cc(C)nn1CC. The Morgan fingerprint density at radius 1 is 1.61 bits per heavy atom. The highest BCUT2D eigenvalue weighted by atomic mass is 16.2. The summed E-state index contributed by atoms with van der Waals surface area (Å²) >= 11 is 0. The third-order valence-corrected chi connectivity index (χ3v) is 2.80. The molecule has 18 heavy (non-hydrogen) atoms. The lowest BCUT2D eigenvalue weighted by atomic mass is 10.2. The van der Waals surface area contributed by atoms with Gasteiger partial charge in [0.25, 0.3) is 5.91 Å². The van der Waals surface area contributed by atoms with E-state index in [1.165, 1.54) is 0 Å². The lowest BCUT2D eigenvalue weighted by molar-refractivity contribution is 0.0740. The highest BCUT2D eigenvalue weighted by Gasteiger charge is 2.20. The zero-order valence-corrected chi connectivity index (χ0v) is 11.5. The van der Waals surface area contributed by atoms with Gasteiger partial charge in [0.05, 0.1) is 17.7 Å². The summed E-state index contributed by atoms with van der Waals surface area (Å²) in [4.78, 5) is 14.1. The molecule has 5 heteroatoms. The minimum absolute atomic E-state index is 0.0537. The molecule has 1 rings (SSSR count). The van der Waals surface area contributed by atoms with Crippen molar-refractivity contribution in [2.45, 2.75) is 34.2 Å². The molecule has 0 fully saturated rings. The summed E-state index contributed by atoms with van der Waals surface area (Å²) in [6, 6.07) is 3.95. The van der Waals surface area contributed by atoms with Crippen LogP contribution in [0.2, 0.25) is 0 Å². The molecule has 1 amide bonds. The number of aromatic nitrogens is 2. The van der Waals surface area contributed by atoms with Gasteiger partial charge in [-0.1, -0.05) is 0 Å². The molecule has 0 aromatic carbocycles. The Kier molecular flexibility index (Phi) is 4.90. The van der Waals surface area contributed by atoms with Crippen LogP contribution in [0.4, 0.5) is 0 Å². The minimum atomic E-state index is -0.159. The number of nitrogens with zero attached hydrogens (tertiary/aromatic N) is 4. The van der Waals surface area contributed by atoms with Gasteiger partial charge in [-0.3, -0.25) is 9.48 Å². The third-order valence-electron chi connectivity index (χ3n) is 2.80. The van der Waals surface area contributed by atoms with Crippen molar-refractivity contribution in [1.29, 1.82) is 5.26 Å². The van der Waals surface area contributed by atoms with Crippen molar-refractivity contribution in [3.63, 3.8) is 0 Å². The van der Waals surface area contributed by atoms with E-state index in [9.17, 15) is 4.79 Å². The minimum Gasteiger partial charge on any atom is -0.336 e. The first-order valence-corrected chi connectivity index (χ1v) is 6.26. The molecule has 98 valence electrons. The maximum atomic E-state index is 12.4. The van der Waals surface area contributed by atoms with Crippen LogP contribution in [0.25, 0.3) is 0 Å². The monoisotopic (exact) mass is 248 g/mol. The van der Waals surface area contributed by atoms with Gasteiger partial charge in [-0.05, 0) is 33.8 Å². The van der Waals surface area contributed by atoms with Gasteiger partial charge in [0.15, 0.2) is 0 Å². The molecule has 5 nitrogen and oxygen atoms in total. The van der Waals surface area contributed by atoms with E-state index < -0.39 is 0 Å². The third kappa shape index (κ3) is 3.10. The topological polar surface area (TPSA) is 61.9 Å². The maximum absolute atomic E-state index is 12.4. The summed E-state index contributed by atoms with van der Waals surface area (Å²) in [6.45, 7) is 9.28. The molecule has 0 aliphatic heterocycles. The molecule has 0 radical (unpaired) electrons. The van der Waals surface area contributed by atoms with Crippen molar-refractivity contribution in [3.8, 4) is 6.07 Å². The second kappa shape index (κ2) is 6.20. The number of carbonyl (C=O) groups excluding carboxylic acids is 1. The van der Waals surface area contributed by atoms with Gasteiger partial charge in [0, 0.05) is 19.6 Å². The van der Waals surface area contributed by atoms with E-state index in [-0.39, 0.29) is 11.8 Å². The second-order valence-electron chi connectivity index (χ2n) is 4.36. The normalized spacial score (nSPS) is 11.9. The van der Waals surface area contributed by atoms with E-state index in [2.05, 4.69) is 11.2 Å². The molecule has 0 saturated heterocycles. The highest BCUT2D eigenvalue weighted by molar-refractivity contribution is 5.92. The van der Waals surface area contributed by atoms with Crippen molar-refractivity contribution >= 4 is 5.91 Å². The number of hydrogen-bond donors (Lipinski definition) is 0. The zero-order chi connectivity index (χ0) is 13.7. The van der Waals surface area contributed by atoms with Crippen molar-refractivity contribution in [1.82, 2.24) is 14.7 Å². The van der Waals surface area contributed by atoms with Crippen LogP contribution in [-0.4, -0.2) is 33.7 Å². The van der Waals surface area contributed by atoms with E-state index in [1.54, 1.807) is 15.6 Å². The Morgan fingerprint density at radius 2 is 2.28 bits per heavy atom. The highest BCUT2D eigenvalue weighted by Crippen LogP contribution is 2.09. The number of amides is 1. The Hall–Kier alpha value is -1.83. The van der Waals surface area contributed by atoms with E-state index in [1.807, 2.05) is 27.7 Å². The zero-order valence-electron chi connectivity index (χ0n) is 11.5. The Labute approximate surface area is 108 Å². The van der Waals surface area contributed by atoms with E-state index in [0.717, 1.165) is 5.69 Å². The van der Waals surface area contributed by atoms with Gasteiger partial charge >= 0.3 is 0 Å². The summed E-state index contributed by atoms with van der Waals surface area (Å²) in [5, 5.41) is 13.1. The Bertz CT molecular complexity index is 458.